The Hall–Kier alpha value is -1.22. The molecule has 100 valence electrons. The van der Waals surface area contributed by atoms with Crippen LogP contribution >= 0.6 is 11.6 Å². The van der Waals surface area contributed by atoms with E-state index in [0.717, 1.165) is 31.5 Å². The van der Waals surface area contributed by atoms with Crippen molar-refractivity contribution in [3.8, 4) is 0 Å². The molecule has 1 aromatic carbocycles. The fourth-order valence-electron chi connectivity index (χ4n) is 1.79. The first-order valence-corrected chi connectivity index (χ1v) is 6.82. The van der Waals surface area contributed by atoms with Crippen molar-refractivity contribution >= 4 is 17.6 Å². The number of benzene rings is 1. The van der Waals surface area contributed by atoms with Crippen molar-refractivity contribution in [3.63, 3.8) is 0 Å². The van der Waals surface area contributed by atoms with Gasteiger partial charge in [-0.25, -0.2) is 4.79 Å². The summed E-state index contributed by atoms with van der Waals surface area (Å²) in [5.74, 6) is 0. The van der Waals surface area contributed by atoms with Crippen LogP contribution in [-0.4, -0.2) is 24.0 Å². The Morgan fingerprint density at radius 2 is 1.94 bits per heavy atom. The molecule has 0 aliphatic heterocycles. The van der Waals surface area contributed by atoms with Crippen molar-refractivity contribution in [1.82, 2.24) is 10.2 Å². The Labute approximate surface area is 114 Å². The molecule has 0 atom stereocenters. The highest BCUT2D eigenvalue weighted by molar-refractivity contribution is 6.30. The van der Waals surface area contributed by atoms with Gasteiger partial charge >= 0.3 is 6.03 Å². The standard InChI is InChI=1S/C14H21ClN2O/c1-3-8-17(9-4-2)14(18)16-11-12-6-5-7-13(15)10-12/h5-7,10H,3-4,8-9,11H2,1-2H3,(H,16,18). The van der Waals surface area contributed by atoms with Crippen LogP contribution in [-0.2, 0) is 6.54 Å². The Balaban J connectivity index is 2.48. The number of carbonyl (C=O) groups is 1. The van der Waals surface area contributed by atoms with E-state index in [4.69, 9.17) is 11.6 Å². The molecule has 4 heteroatoms. The van der Waals surface area contributed by atoms with E-state index in [9.17, 15) is 4.79 Å². The lowest BCUT2D eigenvalue weighted by molar-refractivity contribution is 0.197. The fourth-order valence-corrected chi connectivity index (χ4v) is 2.00. The van der Waals surface area contributed by atoms with Crippen molar-refractivity contribution in [2.24, 2.45) is 0 Å². The number of hydrogen-bond acceptors (Lipinski definition) is 1. The zero-order valence-electron chi connectivity index (χ0n) is 11.1. The highest BCUT2D eigenvalue weighted by Crippen LogP contribution is 2.10. The Morgan fingerprint density at radius 3 is 2.50 bits per heavy atom. The molecule has 0 unspecified atom stereocenters. The summed E-state index contributed by atoms with van der Waals surface area (Å²) < 4.78 is 0. The van der Waals surface area contributed by atoms with E-state index in [0.29, 0.717) is 11.6 Å². The fraction of sp³-hybridized carbons (Fsp3) is 0.500. The van der Waals surface area contributed by atoms with E-state index in [1.165, 1.54) is 0 Å². The first-order chi connectivity index (χ1) is 8.67. The second-order valence-electron chi connectivity index (χ2n) is 4.28. The van der Waals surface area contributed by atoms with E-state index in [2.05, 4.69) is 19.2 Å². The third-order valence-corrected chi connectivity index (χ3v) is 2.84. The Morgan fingerprint density at radius 1 is 1.28 bits per heavy atom. The van der Waals surface area contributed by atoms with Crippen LogP contribution in [0.1, 0.15) is 32.3 Å². The van der Waals surface area contributed by atoms with Crippen LogP contribution in [0.25, 0.3) is 0 Å². The molecule has 0 aliphatic rings. The first kappa shape index (κ1) is 14.8. The van der Waals surface area contributed by atoms with Crippen molar-refractivity contribution in [2.75, 3.05) is 13.1 Å². The van der Waals surface area contributed by atoms with Gasteiger partial charge in [0.1, 0.15) is 0 Å². The number of nitrogens with zero attached hydrogens (tertiary/aromatic N) is 1. The second kappa shape index (κ2) is 7.98. The van der Waals surface area contributed by atoms with Gasteiger partial charge in [-0.15, -0.1) is 0 Å². The second-order valence-corrected chi connectivity index (χ2v) is 4.71. The summed E-state index contributed by atoms with van der Waals surface area (Å²) in [5.41, 5.74) is 1.02. The summed E-state index contributed by atoms with van der Waals surface area (Å²) in [4.78, 5) is 13.8. The zero-order valence-corrected chi connectivity index (χ0v) is 11.8. The van der Waals surface area contributed by atoms with E-state index >= 15 is 0 Å². The maximum Gasteiger partial charge on any atom is 0.317 e. The summed E-state index contributed by atoms with van der Waals surface area (Å²) in [6.45, 7) is 6.27. The van der Waals surface area contributed by atoms with Crippen LogP contribution in [0, 0.1) is 0 Å². The molecule has 0 radical (unpaired) electrons. The molecule has 0 aliphatic carbocycles. The summed E-state index contributed by atoms with van der Waals surface area (Å²) in [6, 6.07) is 7.54. The molecule has 0 bridgehead atoms. The highest BCUT2D eigenvalue weighted by Gasteiger charge is 2.10. The molecule has 0 saturated carbocycles. The van der Waals surface area contributed by atoms with Crippen molar-refractivity contribution in [3.05, 3.63) is 34.9 Å². The number of nitrogens with one attached hydrogen (secondary N) is 1. The molecule has 1 rings (SSSR count). The van der Waals surface area contributed by atoms with Crippen molar-refractivity contribution in [2.45, 2.75) is 33.2 Å². The molecule has 1 aromatic rings. The van der Waals surface area contributed by atoms with E-state index in [1.807, 2.05) is 29.2 Å². The lowest BCUT2D eigenvalue weighted by Crippen LogP contribution is -2.40. The van der Waals surface area contributed by atoms with Crippen LogP contribution in [0.4, 0.5) is 4.79 Å². The molecule has 0 fully saturated rings. The maximum absolute atomic E-state index is 12.0. The lowest BCUT2D eigenvalue weighted by atomic mass is 10.2. The molecule has 0 saturated heterocycles. The Kier molecular flexibility index (Phi) is 6.58. The molecular formula is C14H21ClN2O. The van der Waals surface area contributed by atoms with Crippen LogP contribution in [0.5, 0.6) is 0 Å². The SMILES string of the molecule is CCCN(CCC)C(=O)NCc1cccc(Cl)c1. The summed E-state index contributed by atoms with van der Waals surface area (Å²) in [5, 5.41) is 3.62. The van der Waals surface area contributed by atoms with Crippen LogP contribution in [0.2, 0.25) is 5.02 Å². The van der Waals surface area contributed by atoms with Gasteiger partial charge < -0.3 is 10.2 Å². The molecule has 3 nitrogen and oxygen atoms in total. The molecule has 0 aromatic heterocycles. The summed E-state index contributed by atoms with van der Waals surface area (Å²) >= 11 is 5.90. The Bertz CT molecular complexity index is 376. The first-order valence-electron chi connectivity index (χ1n) is 6.44. The average molecular weight is 269 g/mol. The van der Waals surface area contributed by atoms with Gasteiger partial charge in [0, 0.05) is 24.7 Å². The number of hydrogen-bond donors (Lipinski definition) is 1. The van der Waals surface area contributed by atoms with Gasteiger partial charge in [0.15, 0.2) is 0 Å². The van der Waals surface area contributed by atoms with Crippen LogP contribution in [0.15, 0.2) is 24.3 Å². The molecule has 1 N–H and O–H groups in total. The van der Waals surface area contributed by atoms with Gasteiger partial charge in [-0.3, -0.25) is 0 Å². The quantitative estimate of drug-likeness (QED) is 0.839. The van der Waals surface area contributed by atoms with Crippen LogP contribution < -0.4 is 5.32 Å². The highest BCUT2D eigenvalue weighted by atomic mass is 35.5. The summed E-state index contributed by atoms with van der Waals surface area (Å²) in [6.07, 6.45) is 1.95. The molecular weight excluding hydrogens is 248 g/mol. The van der Waals surface area contributed by atoms with Gasteiger partial charge in [-0.1, -0.05) is 37.6 Å². The van der Waals surface area contributed by atoms with Gasteiger partial charge in [0.2, 0.25) is 0 Å². The average Bonchev–Trinajstić information content (AvgIpc) is 2.36. The third-order valence-electron chi connectivity index (χ3n) is 2.61. The van der Waals surface area contributed by atoms with Gasteiger partial charge in [0.05, 0.1) is 0 Å². The number of halogens is 1. The number of amides is 2. The zero-order chi connectivity index (χ0) is 13.4. The van der Waals surface area contributed by atoms with Gasteiger partial charge in [-0.2, -0.15) is 0 Å². The largest absolute Gasteiger partial charge is 0.334 e. The lowest BCUT2D eigenvalue weighted by Gasteiger charge is -2.21. The predicted octanol–water partition coefficient (Wildman–Crippen LogP) is 3.67. The van der Waals surface area contributed by atoms with E-state index in [1.54, 1.807) is 0 Å². The van der Waals surface area contributed by atoms with Crippen molar-refractivity contribution < 1.29 is 4.79 Å². The van der Waals surface area contributed by atoms with E-state index < -0.39 is 0 Å². The molecule has 2 amide bonds. The third kappa shape index (κ3) is 4.96. The smallest absolute Gasteiger partial charge is 0.317 e. The van der Waals surface area contributed by atoms with Gasteiger partial charge in [0.25, 0.3) is 0 Å². The monoisotopic (exact) mass is 268 g/mol. The normalized spacial score (nSPS) is 10.2. The maximum atomic E-state index is 12.0. The number of rotatable bonds is 6. The minimum absolute atomic E-state index is 0.00123. The van der Waals surface area contributed by atoms with Crippen molar-refractivity contribution in [1.29, 1.82) is 0 Å². The molecule has 18 heavy (non-hydrogen) atoms. The van der Waals surface area contributed by atoms with E-state index in [-0.39, 0.29) is 6.03 Å². The van der Waals surface area contributed by atoms with Gasteiger partial charge in [-0.05, 0) is 30.5 Å². The number of urea groups is 1. The topological polar surface area (TPSA) is 32.3 Å². The van der Waals surface area contributed by atoms with Crippen LogP contribution in [0.3, 0.4) is 0 Å². The molecule has 0 heterocycles. The minimum Gasteiger partial charge on any atom is -0.334 e. The summed E-state index contributed by atoms with van der Waals surface area (Å²) in [7, 11) is 0. The number of carbonyl (C=O) groups excluding carboxylic acids is 1. The predicted molar refractivity (Wildman–Crippen MR) is 75.8 cm³/mol. The minimum atomic E-state index is -0.00123. The molecule has 0 spiro atoms.